The number of carbonyl (C=O) groups excluding carboxylic acids is 2. The van der Waals surface area contributed by atoms with Crippen LogP contribution < -0.4 is 5.32 Å². The van der Waals surface area contributed by atoms with E-state index in [0.29, 0.717) is 19.0 Å². The summed E-state index contributed by atoms with van der Waals surface area (Å²) >= 11 is 0. The molecule has 0 saturated carbocycles. The van der Waals surface area contributed by atoms with Crippen LogP contribution in [0.2, 0.25) is 0 Å². The van der Waals surface area contributed by atoms with Crippen molar-refractivity contribution in [2.45, 2.75) is 38.3 Å². The summed E-state index contributed by atoms with van der Waals surface area (Å²) in [4.78, 5) is 28.2. The first kappa shape index (κ1) is 18.8. The first-order valence-electron chi connectivity index (χ1n) is 10.1. The lowest BCUT2D eigenvalue weighted by Crippen LogP contribution is -2.62. The molecule has 3 amide bonds. The first-order chi connectivity index (χ1) is 13.6. The average molecular weight is 381 g/mol. The molecule has 1 N–H and O–H groups in total. The number of nitrogens with one attached hydrogen (secondary N) is 1. The summed E-state index contributed by atoms with van der Waals surface area (Å²) in [5, 5.41) is 2.96. The fourth-order valence-electron chi connectivity index (χ4n) is 4.18. The van der Waals surface area contributed by atoms with Gasteiger partial charge in [-0.1, -0.05) is 30.0 Å². The Kier molecular flexibility index (Phi) is 5.54. The van der Waals surface area contributed by atoms with Crippen LogP contribution in [-0.4, -0.2) is 66.7 Å². The minimum absolute atomic E-state index is 0.0317. The molecule has 3 fully saturated rings. The Balaban J connectivity index is 1.30. The molecule has 6 nitrogen and oxygen atoms in total. The fraction of sp³-hybridized carbons (Fsp3) is 0.545. The molecule has 6 heteroatoms. The van der Waals surface area contributed by atoms with Gasteiger partial charge in [0.25, 0.3) is 0 Å². The normalized spacial score (nSPS) is 25.4. The van der Waals surface area contributed by atoms with Crippen molar-refractivity contribution in [2.24, 2.45) is 5.92 Å². The zero-order valence-electron chi connectivity index (χ0n) is 16.3. The van der Waals surface area contributed by atoms with E-state index in [-0.39, 0.29) is 30.7 Å². The molecule has 2 atom stereocenters. The first-order valence-corrected chi connectivity index (χ1v) is 10.1. The van der Waals surface area contributed by atoms with Crippen LogP contribution in [0, 0.1) is 24.7 Å². The Hall–Kier alpha value is -2.52. The summed E-state index contributed by atoms with van der Waals surface area (Å²) in [6.07, 6.45) is 2.62. The third kappa shape index (κ3) is 4.15. The number of fused-ring (bicyclic) bond motifs is 1. The number of amides is 3. The van der Waals surface area contributed by atoms with E-state index in [1.54, 1.807) is 0 Å². The second-order valence-electron chi connectivity index (χ2n) is 7.89. The van der Waals surface area contributed by atoms with Crippen LogP contribution >= 0.6 is 0 Å². The highest BCUT2D eigenvalue weighted by atomic mass is 16.5. The lowest BCUT2D eigenvalue weighted by Gasteiger charge is -2.43. The van der Waals surface area contributed by atoms with Crippen molar-refractivity contribution in [3.63, 3.8) is 0 Å². The van der Waals surface area contributed by atoms with Gasteiger partial charge in [0.05, 0.1) is 12.1 Å². The minimum Gasteiger partial charge on any atom is -0.366 e. The summed E-state index contributed by atoms with van der Waals surface area (Å²) in [6.45, 7) is 4.89. The van der Waals surface area contributed by atoms with E-state index in [9.17, 15) is 9.59 Å². The van der Waals surface area contributed by atoms with Crippen LogP contribution in [0.5, 0.6) is 0 Å². The summed E-state index contributed by atoms with van der Waals surface area (Å²) in [5.41, 5.74) is 2.28. The number of likely N-dealkylation sites (tertiary alicyclic amines) is 2. The van der Waals surface area contributed by atoms with E-state index >= 15 is 0 Å². The van der Waals surface area contributed by atoms with Crippen LogP contribution in [-0.2, 0) is 9.53 Å². The number of hydrogen-bond acceptors (Lipinski definition) is 3. The van der Waals surface area contributed by atoms with Gasteiger partial charge in [0.2, 0.25) is 5.91 Å². The highest BCUT2D eigenvalue weighted by molar-refractivity contribution is 5.79. The van der Waals surface area contributed by atoms with Crippen molar-refractivity contribution in [3.8, 4) is 11.8 Å². The maximum absolute atomic E-state index is 12.9. The zero-order valence-corrected chi connectivity index (χ0v) is 16.3. The van der Waals surface area contributed by atoms with Gasteiger partial charge in [-0.25, -0.2) is 4.79 Å². The fourth-order valence-corrected chi connectivity index (χ4v) is 4.18. The van der Waals surface area contributed by atoms with Crippen molar-refractivity contribution in [1.82, 2.24) is 15.1 Å². The molecule has 1 aromatic carbocycles. The molecule has 4 rings (SSSR count). The van der Waals surface area contributed by atoms with E-state index in [0.717, 1.165) is 37.9 Å². The number of nitrogens with zero attached hydrogens (tertiary/aromatic N) is 2. The van der Waals surface area contributed by atoms with Gasteiger partial charge in [-0.3, -0.25) is 4.79 Å². The Bertz CT molecular complexity index is 805. The molecule has 1 aromatic rings. The zero-order chi connectivity index (χ0) is 19.5. The Morgan fingerprint density at radius 1 is 1.14 bits per heavy atom. The number of piperidine rings is 2. The average Bonchev–Trinajstić information content (AvgIpc) is 2.72. The molecule has 3 saturated heterocycles. The number of benzene rings is 1. The molecule has 28 heavy (non-hydrogen) atoms. The lowest BCUT2D eigenvalue weighted by molar-refractivity contribution is -0.139. The third-order valence-corrected chi connectivity index (χ3v) is 5.92. The molecule has 0 unspecified atom stereocenters. The molecule has 3 aliphatic heterocycles. The summed E-state index contributed by atoms with van der Waals surface area (Å²) in [7, 11) is 0. The summed E-state index contributed by atoms with van der Waals surface area (Å²) < 4.78 is 5.57. The molecule has 0 bridgehead atoms. The molecule has 0 aromatic heterocycles. The molecule has 3 heterocycles. The van der Waals surface area contributed by atoms with Crippen LogP contribution in [0.3, 0.4) is 0 Å². The third-order valence-electron chi connectivity index (χ3n) is 5.92. The Labute approximate surface area is 166 Å². The highest BCUT2D eigenvalue weighted by Gasteiger charge is 2.37. The largest absolute Gasteiger partial charge is 0.366 e. The number of urea groups is 1. The van der Waals surface area contributed by atoms with Gasteiger partial charge in [-0.05, 0) is 37.8 Å². The minimum atomic E-state index is -0.0939. The molecular formula is C22H27N3O3. The van der Waals surface area contributed by atoms with Gasteiger partial charge in [0, 0.05) is 37.7 Å². The molecule has 3 aliphatic rings. The van der Waals surface area contributed by atoms with Crippen molar-refractivity contribution >= 4 is 11.9 Å². The van der Waals surface area contributed by atoms with E-state index in [2.05, 4.69) is 36.2 Å². The summed E-state index contributed by atoms with van der Waals surface area (Å²) in [5.74, 6) is 6.94. The van der Waals surface area contributed by atoms with Crippen LogP contribution in [0.15, 0.2) is 24.3 Å². The number of ether oxygens (including phenoxy) is 1. The predicted octanol–water partition coefficient (Wildman–Crippen LogP) is 1.77. The SMILES string of the molecule is Cc1ccccc1C#CC1CCN(C(=O)N2CC[C@@H]3OCC(=O)N[C@@H]3C2)CC1. The van der Waals surface area contributed by atoms with Crippen LogP contribution in [0.4, 0.5) is 4.79 Å². The number of rotatable bonds is 0. The maximum Gasteiger partial charge on any atom is 0.320 e. The van der Waals surface area contributed by atoms with E-state index in [4.69, 9.17) is 4.74 Å². The topological polar surface area (TPSA) is 61.9 Å². The van der Waals surface area contributed by atoms with Gasteiger partial charge >= 0.3 is 6.03 Å². The number of hydrogen-bond donors (Lipinski definition) is 1. The van der Waals surface area contributed by atoms with E-state index in [1.807, 2.05) is 21.9 Å². The van der Waals surface area contributed by atoms with Crippen molar-refractivity contribution < 1.29 is 14.3 Å². The van der Waals surface area contributed by atoms with Crippen molar-refractivity contribution in [2.75, 3.05) is 32.8 Å². The monoisotopic (exact) mass is 381 g/mol. The van der Waals surface area contributed by atoms with Gasteiger partial charge < -0.3 is 19.9 Å². The number of morpholine rings is 1. The standard InChI is InChI=1S/C22H27N3O3/c1-16-4-2-3-5-18(16)7-6-17-8-11-24(12-9-17)22(27)25-13-10-20-19(14-25)23-21(26)15-28-20/h2-5,17,19-20H,8-15H2,1H3,(H,23,26)/t19-,20+/m1/s1. The van der Waals surface area contributed by atoms with Gasteiger partial charge in [0.1, 0.15) is 6.61 Å². The van der Waals surface area contributed by atoms with Gasteiger partial charge in [0.15, 0.2) is 0 Å². The Morgan fingerprint density at radius 3 is 2.68 bits per heavy atom. The van der Waals surface area contributed by atoms with E-state index < -0.39 is 0 Å². The molecular weight excluding hydrogens is 354 g/mol. The van der Waals surface area contributed by atoms with Gasteiger partial charge in [-0.15, -0.1) is 0 Å². The second kappa shape index (κ2) is 8.24. The Morgan fingerprint density at radius 2 is 1.89 bits per heavy atom. The molecule has 148 valence electrons. The molecule has 0 radical (unpaired) electrons. The smallest absolute Gasteiger partial charge is 0.320 e. The lowest BCUT2D eigenvalue weighted by atomic mass is 9.96. The quantitative estimate of drug-likeness (QED) is 0.697. The number of carbonyl (C=O) groups is 2. The van der Waals surface area contributed by atoms with Crippen molar-refractivity contribution in [3.05, 3.63) is 35.4 Å². The predicted molar refractivity (Wildman–Crippen MR) is 106 cm³/mol. The molecule has 0 spiro atoms. The van der Waals surface area contributed by atoms with Crippen molar-refractivity contribution in [1.29, 1.82) is 0 Å². The number of aryl methyl sites for hydroxylation is 1. The summed E-state index contributed by atoms with van der Waals surface area (Å²) in [6, 6.07) is 8.16. The van der Waals surface area contributed by atoms with Crippen LogP contribution in [0.1, 0.15) is 30.4 Å². The second-order valence-corrected chi connectivity index (χ2v) is 7.89. The molecule has 0 aliphatic carbocycles. The highest BCUT2D eigenvalue weighted by Crippen LogP contribution is 2.22. The van der Waals surface area contributed by atoms with Crippen LogP contribution in [0.25, 0.3) is 0 Å². The van der Waals surface area contributed by atoms with Gasteiger partial charge in [-0.2, -0.15) is 0 Å². The maximum atomic E-state index is 12.9. The van der Waals surface area contributed by atoms with E-state index in [1.165, 1.54) is 5.56 Å².